The van der Waals surface area contributed by atoms with E-state index in [9.17, 15) is 14.0 Å². The number of benzene rings is 1. The van der Waals surface area contributed by atoms with Gasteiger partial charge in [0.25, 0.3) is 0 Å². The molecule has 3 rings (SSSR count). The van der Waals surface area contributed by atoms with E-state index < -0.39 is 26.9 Å². The van der Waals surface area contributed by atoms with Crippen LogP contribution in [0, 0.1) is 22.1 Å². The van der Waals surface area contributed by atoms with Crippen LogP contribution in [0.25, 0.3) is 0 Å². The van der Waals surface area contributed by atoms with Gasteiger partial charge in [0.05, 0.1) is 15.9 Å². The molecular weight excluding hydrogens is 349 g/mol. The van der Waals surface area contributed by atoms with Crippen LogP contribution in [0.2, 0.25) is 0 Å². The number of rotatable bonds is 2. The number of amides is 1. The third kappa shape index (κ3) is 1.60. The monoisotopic (exact) mass is 367 g/mol. The predicted octanol–water partition coefficient (Wildman–Crippen LogP) is 3.92. The van der Waals surface area contributed by atoms with E-state index in [-0.39, 0.29) is 17.4 Å². The first-order chi connectivity index (χ1) is 10.2. The fourth-order valence-electron chi connectivity index (χ4n) is 4.25. The number of halogens is 2. The number of fused-ring (bicyclic) bond motifs is 2. The molecule has 22 heavy (non-hydrogen) atoms. The summed E-state index contributed by atoms with van der Waals surface area (Å²) in [6, 6.07) is 6.09. The molecule has 0 spiro atoms. The van der Waals surface area contributed by atoms with Gasteiger partial charge in [-0.25, -0.2) is 4.39 Å². The number of ketones is 1. The number of carbonyl (C=O) groups is 2. The van der Waals surface area contributed by atoms with Gasteiger partial charge in [0.15, 0.2) is 5.78 Å². The Bertz CT molecular complexity index is 674. The van der Waals surface area contributed by atoms with Gasteiger partial charge in [-0.15, -0.1) is 0 Å². The molecule has 1 N–H and O–H groups in total. The summed E-state index contributed by atoms with van der Waals surface area (Å²) in [5.41, 5.74) is -1.69. The SMILES string of the molecule is CC1(C)[C@]2(C)CC[C@@]1(C(=O)Nc1ccccc1F)[C@H](Br)C2=O. The molecule has 1 aromatic carbocycles. The van der Waals surface area contributed by atoms with Crippen molar-refractivity contribution < 1.29 is 14.0 Å². The maximum absolute atomic E-state index is 13.8. The molecule has 1 aromatic rings. The number of para-hydroxylation sites is 1. The van der Waals surface area contributed by atoms with Gasteiger partial charge < -0.3 is 5.32 Å². The Labute approximate surface area is 137 Å². The molecule has 2 aliphatic rings. The first-order valence-corrected chi connectivity index (χ1v) is 8.34. The number of alkyl halides is 1. The zero-order chi connectivity index (χ0) is 16.3. The first kappa shape index (κ1) is 15.7. The number of carbonyl (C=O) groups excluding carboxylic acids is 2. The molecular formula is C17H19BrFNO2. The zero-order valence-electron chi connectivity index (χ0n) is 12.9. The first-order valence-electron chi connectivity index (χ1n) is 7.43. The van der Waals surface area contributed by atoms with E-state index >= 15 is 0 Å². The van der Waals surface area contributed by atoms with Gasteiger partial charge in [0.2, 0.25) is 5.91 Å². The topological polar surface area (TPSA) is 46.2 Å². The summed E-state index contributed by atoms with van der Waals surface area (Å²) in [7, 11) is 0. The molecule has 2 aliphatic carbocycles. The molecule has 3 atom stereocenters. The second-order valence-electron chi connectivity index (χ2n) is 7.09. The molecule has 3 nitrogen and oxygen atoms in total. The van der Waals surface area contributed by atoms with E-state index in [1.54, 1.807) is 12.1 Å². The lowest BCUT2D eigenvalue weighted by molar-refractivity contribution is -0.130. The summed E-state index contributed by atoms with van der Waals surface area (Å²) in [5, 5.41) is 2.70. The van der Waals surface area contributed by atoms with E-state index in [0.717, 1.165) is 0 Å². The Morgan fingerprint density at radius 3 is 2.45 bits per heavy atom. The summed E-state index contributed by atoms with van der Waals surface area (Å²) in [6.07, 6.45) is 1.31. The molecule has 0 unspecified atom stereocenters. The van der Waals surface area contributed by atoms with Gasteiger partial charge >= 0.3 is 0 Å². The van der Waals surface area contributed by atoms with Crippen LogP contribution < -0.4 is 5.32 Å². The summed E-state index contributed by atoms with van der Waals surface area (Å²) in [5.74, 6) is -0.673. The van der Waals surface area contributed by atoms with Gasteiger partial charge in [-0.1, -0.05) is 48.8 Å². The highest BCUT2D eigenvalue weighted by Crippen LogP contribution is 2.72. The molecule has 0 aromatic heterocycles. The molecule has 2 saturated carbocycles. The minimum absolute atomic E-state index is 0.0763. The van der Waals surface area contributed by atoms with Gasteiger partial charge in [0.1, 0.15) is 5.82 Å². The molecule has 2 bridgehead atoms. The van der Waals surface area contributed by atoms with Gasteiger partial charge in [-0.05, 0) is 30.4 Å². The second-order valence-corrected chi connectivity index (χ2v) is 8.00. The van der Waals surface area contributed by atoms with Crippen molar-refractivity contribution in [1.29, 1.82) is 0 Å². The molecule has 2 fully saturated rings. The Morgan fingerprint density at radius 2 is 1.91 bits per heavy atom. The minimum Gasteiger partial charge on any atom is -0.323 e. The van der Waals surface area contributed by atoms with E-state index in [2.05, 4.69) is 21.2 Å². The summed E-state index contributed by atoms with van der Waals surface area (Å²) < 4.78 is 13.8. The van der Waals surface area contributed by atoms with Crippen molar-refractivity contribution in [2.75, 3.05) is 5.32 Å². The van der Waals surface area contributed by atoms with Crippen LogP contribution in [0.1, 0.15) is 33.6 Å². The van der Waals surface area contributed by atoms with E-state index in [0.29, 0.717) is 12.8 Å². The summed E-state index contributed by atoms with van der Waals surface area (Å²) in [4.78, 5) is 25.1. The number of hydrogen-bond acceptors (Lipinski definition) is 2. The van der Waals surface area contributed by atoms with Crippen LogP contribution in [-0.2, 0) is 9.59 Å². The van der Waals surface area contributed by atoms with Crippen molar-refractivity contribution in [3.63, 3.8) is 0 Å². The van der Waals surface area contributed by atoms with Gasteiger partial charge in [0, 0.05) is 5.41 Å². The van der Waals surface area contributed by atoms with Crippen LogP contribution in [0.3, 0.4) is 0 Å². The van der Waals surface area contributed by atoms with Crippen LogP contribution in [0.5, 0.6) is 0 Å². The van der Waals surface area contributed by atoms with Crippen molar-refractivity contribution in [3.8, 4) is 0 Å². The Hall–Kier alpha value is -1.23. The van der Waals surface area contributed by atoms with Crippen LogP contribution in [0.15, 0.2) is 24.3 Å². The quantitative estimate of drug-likeness (QED) is 0.805. The molecule has 0 aliphatic heterocycles. The Balaban J connectivity index is 2.02. The van der Waals surface area contributed by atoms with Crippen molar-refractivity contribution in [2.45, 2.75) is 38.4 Å². The zero-order valence-corrected chi connectivity index (χ0v) is 14.5. The number of Topliss-reactive ketones (excluding diaryl/α,β-unsaturated/α-hetero) is 1. The summed E-state index contributed by atoms with van der Waals surface area (Å²) in [6.45, 7) is 5.88. The normalized spacial score (nSPS) is 35.7. The maximum Gasteiger partial charge on any atom is 0.232 e. The lowest BCUT2D eigenvalue weighted by Crippen LogP contribution is -2.48. The van der Waals surface area contributed by atoms with Crippen molar-refractivity contribution in [3.05, 3.63) is 30.1 Å². The van der Waals surface area contributed by atoms with Crippen LogP contribution >= 0.6 is 15.9 Å². The predicted molar refractivity (Wildman–Crippen MR) is 86.3 cm³/mol. The average Bonchev–Trinajstić information content (AvgIpc) is 2.74. The third-order valence-electron chi connectivity index (χ3n) is 6.25. The van der Waals surface area contributed by atoms with Crippen LogP contribution in [0.4, 0.5) is 10.1 Å². The lowest BCUT2D eigenvalue weighted by atomic mass is 9.64. The fourth-order valence-corrected chi connectivity index (χ4v) is 5.77. The van der Waals surface area contributed by atoms with Crippen molar-refractivity contribution in [1.82, 2.24) is 0 Å². The highest BCUT2D eigenvalue weighted by atomic mass is 79.9. The molecule has 0 radical (unpaired) electrons. The van der Waals surface area contributed by atoms with E-state index in [4.69, 9.17) is 0 Å². The fraction of sp³-hybridized carbons (Fsp3) is 0.529. The average molecular weight is 368 g/mol. The number of anilines is 1. The minimum atomic E-state index is -0.846. The standard InChI is InChI=1S/C17H19BrFNO2/c1-15(2)16(3)8-9-17(15,12(18)13(16)21)14(22)20-11-7-5-4-6-10(11)19/h4-7,12H,8-9H2,1-3H3,(H,20,22)/t12-,16-,17+/m1/s1. The Kier molecular flexibility index (Phi) is 3.30. The molecule has 0 heterocycles. The van der Waals surface area contributed by atoms with E-state index in [1.807, 2.05) is 20.8 Å². The number of hydrogen-bond donors (Lipinski definition) is 1. The molecule has 5 heteroatoms. The van der Waals surface area contributed by atoms with Crippen LogP contribution in [-0.4, -0.2) is 16.5 Å². The van der Waals surface area contributed by atoms with Gasteiger partial charge in [-0.3, -0.25) is 9.59 Å². The van der Waals surface area contributed by atoms with Crippen molar-refractivity contribution in [2.24, 2.45) is 16.2 Å². The molecule has 0 saturated heterocycles. The maximum atomic E-state index is 13.8. The van der Waals surface area contributed by atoms with Gasteiger partial charge in [-0.2, -0.15) is 0 Å². The largest absolute Gasteiger partial charge is 0.323 e. The molecule has 1 amide bonds. The molecule has 118 valence electrons. The highest BCUT2D eigenvalue weighted by molar-refractivity contribution is 9.10. The summed E-state index contributed by atoms with van der Waals surface area (Å²) >= 11 is 3.46. The van der Waals surface area contributed by atoms with Crippen molar-refractivity contribution >= 4 is 33.3 Å². The Morgan fingerprint density at radius 1 is 1.27 bits per heavy atom. The second kappa shape index (κ2) is 4.63. The lowest BCUT2D eigenvalue weighted by Gasteiger charge is -2.39. The number of nitrogens with one attached hydrogen (secondary N) is 1. The van der Waals surface area contributed by atoms with E-state index in [1.165, 1.54) is 12.1 Å². The highest BCUT2D eigenvalue weighted by Gasteiger charge is 2.76. The third-order valence-corrected chi connectivity index (χ3v) is 7.45. The smallest absolute Gasteiger partial charge is 0.232 e.